The zero-order valence-corrected chi connectivity index (χ0v) is 55.8. The van der Waals surface area contributed by atoms with Crippen LogP contribution in [0.5, 0.6) is 0 Å². The maximum atomic E-state index is 2.74. The number of hydrogen-bond acceptors (Lipinski definition) is 4. The van der Waals surface area contributed by atoms with Crippen LogP contribution in [-0.2, 0) is 43.3 Å². The summed E-state index contributed by atoms with van der Waals surface area (Å²) >= 11 is 1.94. The first-order valence-electron chi connectivity index (χ1n) is 31.9. The van der Waals surface area contributed by atoms with E-state index in [9.17, 15) is 0 Å². The summed E-state index contributed by atoms with van der Waals surface area (Å²) in [5, 5.41) is 2.62. The maximum Gasteiger partial charge on any atom is 0.252 e. The van der Waals surface area contributed by atoms with Crippen molar-refractivity contribution >= 4 is 106 Å². The number of thiophene rings is 1. The summed E-state index contributed by atoms with van der Waals surface area (Å²) in [7, 11) is 0. The summed E-state index contributed by atoms with van der Waals surface area (Å²) in [5.41, 5.74) is 26.5. The molecule has 436 valence electrons. The molecule has 0 saturated carbocycles. The van der Waals surface area contributed by atoms with E-state index >= 15 is 0 Å². The van der Waals surface area contributed by atoms with Crippen molar-refractivity contribution in [3.05, 3.63) is 190 Å². The molecule has 85 heavy (non-hydrogen) atoms. The zero-order chi connectivity index (χ0) is 60.7. The van der Waals surface area contributed by atoms with Crippen molar-refractivity contribution in [2.75, 3.05) is 14.7 Å². The molecule has 0 saturated heterocycles. The molecule has 0 atom stereocenters. The van der Waals surface area contributed by atoms with Crippen LogP contribution in [0.2, 0.25) is 0 Å². The standard InChI is InChI=1S/C80H92BN3S/c1-73(2,3)49-24-29-53(30-25-49)82(54-31-26-50(27-32-54)74(4,5)6)56-34-37-62-65(46-56)84(64-22-21-23-69-71(64)57-35-28-51(75(7,8)9)44-70(57)85-69)68-43-52(76(10,11)12)42-67-72(68)81(62)63-47-60-61(80(19,20)41-40-79(60,17)18)48-66(63)83(67)55-33-36-58-59(45-55)78(15,16)39-38-77(58,13)14/h21-37,42-48H,38-41H2,1-20H3. The van der Waals surface area contributed by atoms with Gasteiger partial charge in [0, 0.05) is 65.7 Å². The molecule has 1 aromatic heterocycles. The molecule has 9 aromatic rings. The first kappa shape index (κ1) is 57.5. The third-order valence-electron chi connectivity index (χ3n) is 20.8. The first-order chi connectivity index (χ1) is 39.6. The molecule has 0 N–H and O–H groups in total. The van der Waals surface area contributed by atoms with Crippen LogP contribution >= 0.6 is 11.3 Å². The molecule has 3 heterocycles. The van der Waals surface area contributed by atoms with E-state index in [0.717, 1.165) is 36.3 Å². The second kappa shape index (κ2) is 19.0. The van der Waals surface area contributed by atoms with Crippen LogP contribution in [0.1, 0.15) is 209 Å². The molecule has 0 amide bonds. The number of fused-ring (bicyclic) bond motifs is 9. The molecular weight excluding hydrogens is 1050 g/mol. The van der Waals surface area contributed by atoms with Crippen LogP contribution in [0, 0.1) is 0 Å². The van der Waals surface area contributed by atoms with Crippen molar-refractivity contribution in [1.29, 1.82) is 0 Å². The molecule has 2 aliphatic heterocycles. The Morgan fingerprint density at radius 1 is 0.376 bits per heavy atom. The average molecular weight is 1140 g/mol. The minimum atomic E-state index is -0.176. The quantitative estimate of drug-likeness (QED) is 0.159. The summed E-state index contributed by atoms with van der Waals surface area (Å²) in [4.78, 5) is 7.98. The zero-order valence-electron chi connectivity index (χ0n) is 55.0. The van der Waals surface area contributed by atoms with Gasteiger partial charge in [-0.1, -0.05) is 199 Å². The molecule has 4 aliphatic rings. The Morgan fingerprint density at radius 3 is 1.41 bits per heavy atom. The van der Waals surface area contributed by atoms with Crippen LogP contribution < -0.4 is 31.1 Å². The monoisotopic (exact) mass is 1140 g/mol. The molecule has 8 aromatic carbocycles. The molecule has 0 fully saturated rings. The van der Waals surface area contributed by atoms with E-state index < -0.39 is 0 Å². The lowest BCUT2D eigenvalue weighted by atomic mass is 9.33. The fraction of sp³-hybridized carbons (Fsp3) is 0.400. The third-order valence-corrected chi connectivity index (χ3v) is 21.9. The van der Waals surface area contributed by atoms with Gasteiger partial charge in [0.25, 0.3) is 6.71 Å². The molecule has 0 spiro atoms. The number of anilines is 9. The van der Waals surface area contributed by atoms with Gasteiger partial charge in [0.05, 0.1) is 5.69 Å². The Bertz CT molecular complexity index is 4120. The summed E-state index contributed by atoms with van der Waals surface area (Å²) in [6.45, 7) is 48.0. The van der Waals surface area contributed by atoms with Gasteiger partial charge in [-0.2, -0.15) is 0 Å². The van der Waals surface area contributed by atoms with E-state index in [1.54, 1.807) is 0 Å². The summed E-state index contributed by atoms with van der Waals surface area (Å²) in [6, 6.07) is 58.9. The fourth-order valence-corrected chi connectivity index (χ4v) is 16.2. The highest BCUT2D eigenvalue weighted by molar-refractivity contribution is 7.26. The smallest absolute Gasteiger partial charge is 0.252 e. The van der Waals surface area contributed by atoms with Gasteiger partial charge >= 0.3 is 0 Å². The van der Waals surface area contributed by atoms with E-state index in [1.165, 1.54) is 122 Å². The van der Waals surface area contributed by atoms with Gasteiger partial charge < -0.3 is 14.7 Å². The molecule has 2 aliphatic carbocycles. The van der Waals surface area contributed by atoms with Gasteiger partial charge in [-0.25, -0.2) is 0 Å². The van der Waals surface area contributed by atoms with Crippen molar-refractivity contribution in [3.8, 4) is 0 Å². The van der Waals surface area contributed by atoms with Crippen molar-refractivity contribution in [1.82, 2.24) is 0 Å². The lowest BCUT2D eigenvalue weighted by Gasteiger charge is -2.48. The van der Waals surface area contributed by atoms with Crippen LogP contribution in [0.3, 0.4) is 0 Å². The topological polar surface area (TPSA) is 9.72 Å². The number of hydrogen-bond donors (Lipinski definition) is 0. The highest BCUT2D eigenvalue weighted by atomic mass is 32.1. The molecular formula is C80H92BN3S. The van der Waals surface area contributed by atoms with Gasteiger partial charge in [0.1, 0.15) is 0 Å². The Hall–Kier alpha value is -6.56. The SMILES string of the molecule is CC(C)(C)c1ccc(N(c2ccc(C(C)(C)C)cc2)c2ccc3c(c2)N(c2cccc4sc5cc(C(C)(C)C)ccc5c24)c2cc(C(C)(C)C)cc4c2B3c2cc3c(cc2N4c2ccc4c(c2)C(C)(C)CCC4(C)C)C(C)(C)CCC3(C)C)cc1. The van der Waals surface area contributed by atoms with Gasteiger partial charge in [-0.05, 0) is 215 Å². The van der Waals surface area contributed by atoms with Gasteiger partial charge in [0.15, 0.2) is 0 Å². The van der Waals surface area contributed by atoms with Crippen molar-refractivity contribution in [2.24, 2.45) is 0 Å². The van der Waals surface area contributed by atoms with Crippen molar-refractivity contribution < 1.29 is 0 Å². The average Bonchev–Trinajstić information content (AvgIpc) is 1.29. The molecule has 3 nitrogen and oxygen atoms in total. The third kappa shape index (κ3) is 9.41. The van der Waals surface area contributed by atoms with Gasteiger partial charge in [-0.15, -0.1) is 11.3 Å². The largest absolute Gasteiger partial charge is 0.311 e. The highest BCUT2D eigenvalue weighted by Gasteiger charge is 2.48. The fourth-order valence-electron chi connectivity index (χ4n) is 15.0. The Balaban J connectivity index is 1.16. The minimum Gasteiger partial charge on any atom is -0.311 e. The van der Waals surface area contributed by atoms with Crippen LogP contribution in [-0.4, -0.2) is 6.71 Å². The van der Waals surface area contributed by atoms with Crippen LogP contribution in [0.4, 0.5) is 51.2 Å². The minimum absolute atomic E-state index is 0.00676. The number of benzene rings is 8. The van der Waals surface area contributed by atoms with Crippen molar-refractivity contribution in [2.45, 2.75) is 207 Å². The second-order valence-electron chi connectivity index (χ2n) is 32.9. The Labute approximate surface area is 515 Å². The summed E-state index contributed by atoms with van der Waals surface area (Å²) in [6.07, 6.45) is 4.65. The molecule has 5 heteroatoms. The Kier molecular flexibility index (Phi) is 12.8. The highest BCUT2D eigenvalue weighted by Crippen LogP contribution is 2.55. The summed E-state index contributed by atoms with van der Waals surface area (Å²) < 4.78 is 2.64. The number of rotatable bonds is 5. The Morgan fingerprint density at radius 2 is 0.859 bits per heavy atom. The lowest BCUT2D eigenvalue weighted by molar-refractivity contribution is 0.332. The number of nitrogens with zero attached hydrogens (tertiary/aromatic N) is 3. The molecule has 13 rings (SSSR count). The molecule has 0 unspecified atom stereocenters. The van der Waals surface area contributed by atoms with Crippen LogP contribution in [0.15, 0.2) is 146 Å². The molecule has 0 radical (unpaired) electrons. The lowest BCUT2D eigenvalue weighted by Crippen LogP contribution is -2.62. The summed E-state index contributed by atoms with van der Waals surface area (Å²) in [5.74, 6) is 0. The maximum absolute atomic E-state index is 2.74. The van der Waals surface area contributed by atoms with E-state index in [4.69, 9.17) is 0 Å². The predicted molar refractivity (Wildman–Crippen MR) is 373 cm³/mol. The van der Waals surface area contributed by atoms with E-state index in [2.05, 4.69) is 299 Å². The first-order valence-corrected chi connectivity index (χ1v) is 32.7. The van der Waals surface area contributed by atoms with Crippen molar-refractivity contribution in [3.63, 3.8) is 0 Å². The van der Waals surface area contributed by atoms with Crippen LogP contribution in [0.25, 0.3) is 20.2 Å². The predicted octanol–water partition coefficient (Wildman–Crippen LogP) is 21.5. The van der Waals surface area contributed by atoms with E-state index in [1.807, 2.05) is 11.3 Å². The van der Waals surface area contributed by atoms with Gasteiger partial charge in [-0.3, -0.25) is 0 Å². The molecule has 0 bridgehead atoms. The van der Waals surface area contributed by atoms with Gasteiger partial charge in [0.2, 0.25) is 0 Å². The van der Waals surface area contributed by atoms with E-state index in [-0.39, 0.29) is 50.0 Å². The second-order valence-corrected chi connectivity index (χ2v) is 34.0. The normalized spacial score (nSPS) is 17.5. The van der Waals surface area contributed by atoms with E-state index in [0.29, 0.717) is 0 Å².